The van der Waals surface area contributed by atoms with Gasteiger partial charge in [-0.15, -0.1) is 0 Å². The van der Waals surface area contributed by atoms with Crippen molar-refractivity contribution in [3.05, 3.63) is 82.0 Å². The van der Waals surface area contributed by atoms with Crippen LogP contribution < -0.4 is 10.0 Å². The van der Waals surface area contributed by atoms with E-state index in [2.05, 4.69) is 25.2 Å². The number of rotatable bonds is 11. The average molecular weight is 566 g/mol. The summed E-state index contributed by atoms with van der Waals surface area (Å²) in [5.74, 6) is 0.236. The molecule has 11 nitrogen and oxygen atoms in total. The van der Waals surface area contributed by atoms with E-state index in [0.29, 0.717) is 40.6 Å². The number of benzene rings is 2. The molecule has 2 aromatic carbocycles. The number of hydrogen-bond acceptors (Lipinski definition) is 9. The molecule has 0 bridgehead atoms. The number of aromatic nitrogens is 3. The summed E-state index contributed by atoms with van der Waals surface area (Å²) in [5, 5.41) is 16.6. The molecule has 0 amide bonds. The van der Waals surface area contributed by atoms with Crippen LogP contribution in [-0.4, -0.2) is 41.2 Å². The second-order valence-corrected chi connectivity index (χ2v) is 10.8. The maximum atomic E-state index is 13.5. The molecule has 2 heterocycles. The Balaban J connectivity index is 1.70. The van der Waals surface area contributed by atoms with Gasteiger partial charge in [0.15, 0.2) is 5.82 Å². The summed E-state index contributed by atoms with van der Waals surface area (Å²) in [6.07, 6.45) is 0. The molecule has 0 atom stereocenters. The summed E-state index contributed by atoms with van der Waals surface area (Å²) in [6.45, 7) is 9.63. The molecule has 0 radical (unpaired) electrons. The summed E-state index contributed by atoms with van der Waals surface area (Å²) >= 11 is 0. The Bertz CT molecular complexity index is 1670. The summed E-state index contributed by atoms with van der Waals surface area (Å²) in [7, 11) is -4.01. The Kier molecular flexibility index (Phi) is 8.50. The van der Waals surface area contributed by atoms with Crippen molar-refractivity contribution in [2.45, 2.75) is 52.7 Å². The lowest BCUT2D eigenvalue weighted by atomic mass is 9.97. The number of ether oxygens (including phenoxy) is 1. The zero-order valence-corrected chi connectivity index (χ0v) is 23.7. The van der Waals surface area contributed by atoms with Gasteiger partial charge in [0.25, 0.3) is 10.0 Å². The van der Waals surface area contributed by atoms with Crippen LogP contribution in [0, 0.1) is 27.7 Å². The molecule has 0 unspecified atom stereocenters. The topological polar surface area (TPSA) is 157 Å². The maximum Gasteiger partial charge on any atom is 0.341 e. The molecule has 0 aliphatic rings. The van der Waals surface area contributed by atoms with Crippen molar-refractivity contribution in [2.24, 2.45) is 0 Å². The van der Waals surface area contributed by atoms with E-state index >= 15 is 0 Å². The van der Waals surface area contributed by atoms with Gasteiger partial charge in [-0.2, -0.15) is 0 Å². The van der Waals surface area contributed by atoms with Crippen LogP contribution in [0.5, 0.6) is 0 Å². The van der Waals surface area contributed by atoms with Gasteiger partial charge in [-0.1, -0.05) is 41.6 Å². The Morgan fingerprint density at radius 1 is 1.02 bits per heavy atom. The van der Waals surface area contributed by atoms with Gasteiger partial charge in [-0.25, -0.2) is 23.2 Å². The van der Waals surface area contributed by atoms with E-state index in [4.69, 9.17) is 9.26 Å². The number of nitrogens with zero attached hydrogens (tertiary/aromatic N) is 3. The second kappa shape index (κ2) is 11.8. The first-order chi connectivity index (χ1) is 19.0. The monoisotopic (exact) mass is 565 g/mol. The van der Waals surface area contributed by atoms with Crippen LogP contribution in [0.4, 0.5) is 11.6 Å². The number of sulfonamides is 1. The lowest BCUT2D eigenvalue weighted by molar-refractivity contribution is 0.0696. The normalized spacial score (nSPS) is 11.4. The Morgan fingerprint density at radius 3 is 2.45 bits per heavy atom. The smallest absolute Gasteiger partial charge is 0.341 e. The minimum absolute atomic E-state index is 0.0148. The molecule has 0 aliphatic heterocycles. The second-order valence-electron chi connectivity index (χ2n) is 9.18. The lowest BCUT2D eigenvalue weighted by Gasteiger charge is -2.17. The summed E-state index contributed by atoms with van der Waals surface area (Å²) < 4.78 is 40.3. The minimum atomic E-state index is -4.01. The van der Waals surface area contributed by atoms with Crippen LogP contribution in [0.25, 0.3) is 11.1 Å². The van der Waals surface area contributed by atoms with Crippen molar-refractivity contribution in [2.75, 3.05) is 16.6 Å². The highest BCUT2D eigenvalue weighted by Gasteiger charge is 2.24. The van der Waals surface area contributed by atoms with Crippen molar-refractivity contribution in [1.82, 2.24) is 15.1 Å². The van der Waals surface area contributed by atoms with Crippen molar-refractivity contribution in [1.29, 1.82) is 0 Å². The average Bonchev–Trinajstić information content (AvgIpc) is 3.21. The quantitative estimate of drug-likeness (QED) is 0.226. The first-order valence-electron chi connectivity index (χ1n) is 12.6. The van der Waals surface area contributed by atoms with Crippen molar-refractivity contribution < 1.29 is 27.6 Å². The van der Waals surface area contributed by atoms with Crippen molar-refractivity contribution in [3.63, 3.8) is 0 Å². The Morgan fingerprint density at radius 2 is 1.77 bits per heavy atom. The fraction of sp³-hybridized carbons (Fsp3) is 0.286. The van der Waals surface area contributed by atoms with Crippen LogP contribution >= 0.6 is 0 Å². The van der Waals surface area contributed by atoms with Gasteiger partial charge in [0.05, 0.1) is 17.2 Å². The van der Waals surface area contributed by atoms with Crippen molar-refractivity contribution in [3.8, 4) is 11.1 Å². The van der Waals surface area contributed by atoms with Gasteiger partial charge >= 0.3 is 5.97 Å². The van der Waals surface area contributed by atoms with Gasteiger partial charge in [-0.05, 0) is 57.4 Å². The molecular formula is C28H31N5O6S. The van der Waals surface area contributed by atoms with E-state index in [1.165, 1.54) is 6.07 Å². The van der Waals surface area contributed by atoms with Crippen LogP contribution in [0.1, 0.15) is 51.3 Å². The number of nitrogens with one attached hydrogen (secondary N) is 2. The van der Waals surface area contributed by atoms with E-state index in [1.807, 2.05) is 25.1 Å². The SMILES string of the molecule is CCOCc1cc(CNc2nc(C)nc(C)c2C(=O)O)ccc1-c1ccccc1S(=O)(=O)Nc1noc(C)c1C. The Labute approximate surface area is 232 Å². The van der Waals surface area contributed by atoms with E-state index in [9.17, 15) is 18.3 Å². The zero-order valence-electron chi connectivity index (χ0n) is 22.9. The van der Waals surface area contributed by atoms with Gasteiger partial charge in [0, 0.05) is 24.3 Å². The van der Waals surface area contributed by atoms with Gasteiger partial charge in [0.1, 0.15) is 23.0 Å². The maximum absolute atomic E-state index is 13.5. The minimum Gasteiger partial charge on any atom is -0.477 e. The molecule has 40 heavy (non-hydrogen) atoms. The molecule has 0 aliphatic carbocycles. The number of carbonyl (C=O) groups is 1. The molecular weight excluding hydrogens is 534 g/mol. The highest BCUT2D eigenvalue weighted by Crippen LogP contribution is 2.33. The molecule has 0 saturated heterocycles. The zero-order chi connectivity index (χ0) is 29.0. The van der Waals surface area contributed by atoms with Gasteiger partial charge in [0.2, 0.25) is 0 Å². The first-order valence-corrected chi connectivity index (χ1v) is 14.1. The third-order valence-corrected chi connectivity index (χ3v) is 7.76. The van der Waals surface area contributed by atoms with Crippen LogP contribution in [0.15, 0.2) is 51.9 Å². The number of carboxylic acids is 1. The number of aromatic carboxylic acids is 1. The predicted octanol–water partition coefficient (Wildman–Crippen LogP) is 5.01. The molecule has 4 aromatic rings. The van der Waals surface area contributed by atoms with Crippen molar-refractivity contribution >= 4 is 27.6 Å². The third kappa shape index (κ3) is 6.13. The third-order valence-electron chi connectivity index (χ3n) is 6.36. The van der Waals surface area contributed by atoms with Gasteiger partial charge in [-0.3, -0.25) is 4.72 Å². The predicted molar refractivity (Wildman–Crippen MR) is 150 cm³/mol. The van der Waals surface area contributed by atoms with Crippen LogP contribution in [-0.2, 0) is 27.9 Å². The fourth-order valence-electron chi connectivity index (χ4n) is 4.25. The highest BCUT2D eigenvalue weighted by molar-refractivity contribution is 7.92. The molecule has 0 spiro atoms. The number of carboxylic acid groups (broad SMARTS) is 1. The summed E-state index contributed by atoms with van der Waals surface area (Å²) in [5.41, 5.74) is 3.78. The number of aryl methyl sites for hydroxylation is 3. The lowest BCUT2D eigenvalue weighted by Crippen LogP contribution is -2.15. The highest BCUT2D eigenvalue weighted by atomic mass is 32.2. The summed E-state index contributed by atoms with van der Waals surface area (Å²) in [6, 6.07) is 12.3. The van der Waals surface area contributed by atoms with E-state index in [-0.39, 0.29) is 35.2 Å². The number of hydrogen-bond donors (Lipinski definition) is 3. The molecule has 210 valence electrons. The van der Waals surface area contributed by atoms with E-state index < -0.39 is 16.0 Å². The molecule has 12 heteroatoms. The molecule has 0 saturated carbocycles. The fourth-order valence-corrected chi connectivity index (χ4v) is 5.53. The largest absolute Gasteiger partial charge is 0.477 e. The molecule has 3 N–H and O–H groups in total. The standard InChI is InChI=1S/C28H31N5O6S/c1-6-38-15-21-13-20(14-29-27-25(28(34)35)17(3)30-19(5)31-27)11-12-22(21)23-9-7-8-10-24(23)40(36,37)33-26-16(2)18(4)39-32-26/h7-13H,6,14-15H2,1-5H3,(H,32,33)(H,34,35)(H,29,30,31). The van der Waals surface area contributed by atoms with Gasteiger partial charge < -0.3 is 19.7 Å². The molecule has 0 fully saturated rings. The van der Waals surface area contributed by atoms with Crippen LogP contribution in [0.3, 0.4) is 0 Å². The molecule has 4 rings (SSSR count). The van der Waals surface area contributed by atoms with E-state index in [1.54, 1.807) is 45.9 Å². The molecule has 2 aromatic heterocycles. The Hall–Kier alpha value is -4.29. The van der Waals surface area contributed by atoms with Crippen LogP contribution in [0.2, 0.25) is 0 Å². The number of anilines is 2. The van der Waals surface area contributed by atoms with E-state index in [0.717, 1.165) is 11.1 Å². The first kappa shape index (κ1) is 28.7. The summed E-state index contributed by atoms with van der Waals surface area (Å²) in [4.78, 5) is 20.3.